The largest absolute Gasteiger partial charge is 0.496 e. The van der Waals surface area contributed by atoms with Crippen molar-refractivity contribution >= 4 is 5.84 Å². The zero-order chi connectivity index (χ0) is 14.8. The second-order valence-corrected chi connectivity index (χ2v) is 4.76. The lowest BCUT2D eigenvalue weighted by atomic mass is 10.1. The Bertz CT molecular complexity index is 433. The molecule has 0 saturated carbocycles. The van der Waals surface area contributed by atoms with E-state index in [0.29, 0.717) is 11.3 Å². The first kappa shape index (κ1) is 16.3. The number of nitrogens with zero attached hydrogens (tertiary/aromatic N) is 1. The second-order valence-electron chi connectivity index (χ2n) is 4.76. The molecule has 4 N–H and O–H groups in total. The van der Waals surface area contributed by atoms with E-state index in [-0.39, 0.29) is 5.84 Å². The molecule has 0 spiro atoms. The first-order chi connectivity index (χ1) is 9.72. The van der Waals surface area contributed by atoms with Gasteiger partial charge >= 0.3 is 0 Å². The van der Waals surface area contributed by atoms with Gasteiger partial charge in [-0.1, -0.05) is 37.4 Å². The average molecular weight is 279 g/mol. The van der Waals surface area contributed by atoms with Gasteiger partial charge in [0.2, 0.25) is 0 Å². The van der Waals surface area contributed by atoms with E-state index in [1.54, 1.807) is 7.11 Å². The van der Waals surface area contributed by atoms with Crippen molar-refractivity contribution in [1.82, 2.24) is 5.32 Å². The minimum absolute atomic E-state index is 0.0617. The molecule has 1 aromatic rings. The molecule has 0 bridgehead atoms. The van der Waals surface area contributed by atoms with Crippen molar-refractivity contribution in [3.8, 4) is 5.75 Å². The smallest absolute Gasteiger partial charge is 0.173 e. The van der Waals surface area contributed by atoms with Gasteiger partial charge in [0.05, 0.1) is 12.7 Å². The maximum atomic E-state index is 8.79. The number of rotatable bonds is 9. The highest BCUT2D eigenvalue weighted by Crippen LogP contribution is 2.19. The Morgan fingerprint density at radius 3 is 2.80 bits per heavy atom. The summed E-state index contributed by atoms with van der Waals surface area (Å²) < 4.78 is 5.20. The summed E-state index contributed by atoms with van der Waals surface area (Å²) in [7, 11) is 1.56. The van der Waals surface area contributed by atoms with Crippen LogP contribution in [0.25, 0.3) is 0 Å². The quantitative estimate of drug-likeness (QED) is 0.213. The first-order valence-electron chi connectivity index (χ1n) is 7.08. The lowest BCUT2D eigenvalue weighted by Gasteiger charge is -2.10. The van der Waals surface area contributed by atoms with E-state index in [2.05, 4.69) is 17.4 Å². The fourth-order valence-corrected chi connectivity index (χ4v) is 2.03. The summed E-state index contributed by atoms with van der Waals surface area (Å²) in [6.07, 6.45) is 5.00. The summed E-state index contributed by atoms with van der Waals surface area (Å²) in [6.45, 7) is 3.98. The van der Waals surface area contributed by atoms with Crippen molar-refractivity contribution in [3.63, 3.8) is 0 Å². The molecule has 0 unspecified atom stereocenters. The van der Waals surface area contributed by atoms with E-state index in [1.807, 2.05) is 18.2 Å². The van der Waals surface area contributed by atoms with Crippen LogP contribution in [0.1, 0.15) is 43.7 Å². The van der Waals surface area contributed by atoms with Gasteiger partial charge in [0.25, 0.3) is 0 Å². The molecule has 1 rings (SSSR count). The van der Waals surface area contributed by atoms with Crippen LogP contribution in [-0.2, 0) is 6.54 Å². The summed E-state index contributed by atoms with van der Waals surface area (Å²) in [5.41, 5.74) is 7.35. The van der Waals surface area contributed by atoms with E-state index >= 15 is 0 Å². The number of unbranched alkanes of at least 4 members (excludes halogenated alkanes) is 3. The highest BCUT2D eigenvalue weighted by Gasteiger charge is 2.08. The van der Waals surface area contributed by atoms with Crippen LogP contribution in [0, 0.1) is 0 Å². The lowest BCUT2D eigenvalue weighted by Crippen LogP contribution is -2.17. The van der Waals surface area contributed by atoms with Gasteiger partial charge in [-0.15, -0.1) is 0 Å². The molecule has 112 valence electrons. The number of hydrogen-bond donors (Lipinski definition) is 3. The fourth-order valence-electron chi connectivity index (χ4n) is 2.03. The number of methoxy groups -OCH3 is 1. The standard InChI is InChI=1S/C15H25N3O2/c1-3-4-5-6-9-17-11-12-7-8-14(20-2)13(10-12)15(16)18-19/h7-8,10,17,19H,3-6,9,11H2,1-2H3,(H2,16,18). The van der Waals surface area contributed by atoms with Crippen LogP contribution in [-0.4, -0.2) is 24.7 Å². The number of hydrogen-bond acceptors (Lipinski definition) is 4. The molecule has 0 aromatic heterocycles. The first-order valence-corrected chi connectivity index (χ1v) is 7.08. The third-order valence-corrected chi connectivity index (χ3v) is 3.18. The Hall–Kier alpha value is -1.75. The molecular formula is C15H25N3O2. The van der Waals surface area contributed by atoms with E-state index in [9.17, 15) is 0 Å². The molecule has 0 saturated heterocycles. The Balaban J connectivity index is 2.55. The third-order valence-electron chi connectivity index (χ3n) is 3.18. The molecule has 0 aliphatic carbocycles. The molecule has 5 heteroatoms. The molecule has 20 heavy (non-hydrogen) atoms. The molecule has 0 aliphatic heterocycles. The van der Waals surface area contributed by atoms with Crippen molar-refractivity contribution in [3.05, 3.63) is 29.3 Å². The number of oxime groups is 1. The summed E-state index contributed by atoms with van der Waals surface area (Å²) >= 11 is 0. The van der Waals surface area contributed by atoms with E-state index in [0.717, 1.165) is 18.7 Å². The minimum Gasteiger partial charge on any atom is -0.496 e. The summed E-state index contributed by atoms with van der Waals surface area (Å²) in [5, 5.41) is 15.2. The number of benzene rings is 1. The van der Waals surface area contributed by atoms with E-state index in [4.69, 9.17) is 15.7 Å². The Morgan fingerprint density at radius 2 is 2.15 bits per heavy atom. The molecule has 0 aliphatic rings. The Kier molecular flexibility index (Phi) is 7.50. The fraction of sp³-hybridized carbons (Fsp3) is 0.533. The van der Waals surface area contributed by atoms with Gasteiger partial charge in [-0.05, 0) is 30.7 Å². The highest BCUT2D eigenvalue weighted by molar-refractivity contribution is 5.99. The molecule has 0 radical (unpaired) electrons. The summed E-state index contributed by atoms with van der Waals surface area (Å²) in [4.78, 5) is 0. The van der Waals surface area contributed by atoms with E-state index in [1.165, 1.54) is 25.7 Å². The third kappa shape index (κ3) is 5.09. The zero-order valence-corrected chi connectivity index (χ0v) is 12.4. The number of nitrogens with two attached hydrogens (primary N) is 1. The second kappa shape index (κ2) is 9.20. The lowest BCUT2D eigenvalue weighted by molar-refractivity contribution is 0.318. The van der Waals surface area contributed by atoms with Crippen molar-refractivity contribution in [2.75, 3.05) is 13.7 Å². The molecule has 0 heterocycles. The Labute approximate surface area is 120 Å². The van der Waals surface area contributed by atoms with Crippen molar-refractivity contribution in [2.45, 2.75) is 39.2 Å². The molecule has 0 fully saturated rings. The maximum Gasteiger partial charge on any atom is 0.173 e. The van der Waals surface area contributed by atoms with Gasteiger partial charge in [-0.2, -0.15) is 0 Å². The van der Waals surface area contributed by atoms with Crippen molar-refractivity contribution < 1.29 is 9.94 Å². The van der Waals surface area contributed by atoms with Crippen LogP contribution < -0.4 is 15.8 Å². The predicted molar refractivity (Wildman–Crippen MR) is 81.4 cm³/mol. The van der Waals surface area contributed by atoms with Crippen molar-refractivity contribution in [2.24, 2.45) is 10.9 Å². The topological polar surface area (TPSA) is 79.9 Å². The van der Waals surface area contributed by atoms with Crippen LogP contribution >= 0.6 is 0 Å². The summed E-state index contributed by atoms with van der Waals surface area (Å²) in [5.74, 6) is 0.665. The molecular weight excluding hydrogens is 254 g/mol. The van der Waals surface area contributed by atoms with Gasteiger partial charge in [0.15, 0.2) is 5.84 Å². The summed E-state index contributed by atoms with van der Waals surface area (Å²) in [6, 6.07) is 5.69. The zero-order valence-electron chi connectivity index (χ0n) is 12.4. The maximum absolute atomic E-state index is 8.79. The average Bonchev–Trinajstić information content (AvgIpc) is 2.49. The number of nitrogens with one attached hydrogen (secondary N) is 1. The number of amidine groups is 1. The minimum atomic E-state index is 0.0617. The number of ether oxygens (including phenoxy) is 1. The van der Waals surface area contributed by atoms with Crippen LogP contribution in [0.3, 0.4) is 0 Å². The van der Waals surface area contributed by atoms with Gasteiger partial charge in [-0.3, -0.25) is 0 Å². The van der Waals surface area contributed by atoms with Crippen LogP contribution in [0.15, 0.2) is 23.4 Å². The van der Waals surface area contributed by atoms with Crippen LogP contribution in [0.4, 0.5) is 0 Å². The van der Waals surface area contributed by atoms with Gasteiger partial charge in [-0.25, -0.2) is 0 Å². The predicted octanol–water partition coefficient (Wildman–Crippen LogP) is 2.46. The van der Waals surface area contributed by atoms with Crippen LogP contribution in [0.2, 0.25) is 0 Å². The van der Waals surface area contributed by atoms with Gasteiger partial charge in [0.1, 0.15) is 5.75 Å². The molecule has 0 atom stereocenters. The van der Waals surface area contributed by atoms with E-state index < -0.39 is 0 Å². The van der Waals surface area contributed by atoms with Gasteiger partial charge < -0.3 is 21.0 Å². The molecule has 0 amide bonds. The van der Waals surface area contributed by atoms with Crippen molar-refractivity contribution in [1.29, 1.82) is 0 Å². The highest BCUT2D eigenvalue weighted by atomic mass is 16.5. The molecule has 5 nitrogen and oxygen atoms in total. The normalized spacial score (nSPS) is 11.6. The Morgan fingerprint density at radius 1 is 1.35 bits per heavy atom. The van der Waals surface area contributed by atoms with Crippen LogP contribution in [0.5, 0.6) is 5.75 Å². The monoisotopic (exact) mass is 279 g/mol. The molecule has 1 aromatic carbocycles. The van der Waals surface area contributed by atoms with Gasteiger partial charge in [0, 0.05) is 6.54 Å². The SMILES string of the molecule is CCCCCCNCc1ccc(OC)c(C(N)=NO)c1.